The van der Waals surface area contributed by atoms with Gasteiger partial charge in [-0.2, -0.15) is 0 Å². The third kappa shape index (κ3) is 3.06. The molecule has 102 valence electrons. The van der Waals surface area contributed by atoms with Gasteiger partial charge in [0.05, 0.1) is 13.5 Å². The van der Waals surface area contributed by atoms with Crippen molar-refractivity contribution in [2.24, 2.45) is 5.73 Å². The van der Waals surface area contributed by atoms with E-state index in [4.69, 9.17) is 10.5 Å². The SMILES string of the molecule is COc1cccc2[nH]cc(CC(=O)NCC(C)N)c12. The zero-order valence-corrected chi connectivity index (χ0v) is 11.2. The van der Waals surface area contributed by atoms with Gasteiger partial charge in [-0.15, -0.1) is 0 Å². The summed E-state index contributed by atoms with van der Waals surface area (Å²) in [5, 5.41) is 3.76. The van der Waals surface area contributed by atoms with Gasteiger partial charge < -0.3 is 20.8 Å². The van der Waals surface area contributed by atoms with Gasteiger partial charge in [-0.05, 0) is 24.6 Å². The van der Waals surface area contributed by atoms with Gasteiger partial charge in [-0.1, -0.05) is 6.07 Å². The number of carbonyl (C=O) groups is 1. The van der Waals surface area contributed by atoms with Gasteiger partial charge in [0.25, 0.3) is 0 Å². The number of hydrogen-bond donors (Lipinski definition) is 3. The Balaban J connectivity index is 2.19. The van der Waals surface area contributed by atoms with E-state index >= 15 is 0 Å². The third-order valence-electron chi connectivity index (χ3n) is 2.94. The maximum atomic E-state index is 11.8. The summed E-state index contributed by atoms with van der Waals surface area (Å²) in [4.78, 5) is 15.0. The van der Waals surface area contributed by atoms with E-state index in [0.29, 0.717) is 13.0 Å². The van der Waals surface area contributed by atoms with Crippen LogP contribution in [0.15, 0.2) is 24.4 Å². The van der Waals surface area contributed by atoms with Gasteiger partial charge in [0.1, 0.15) is 5.75 Å². The van der Waals surface area contributed by atoms with Crippen molar-refractivity contribution in [3.63, 3.8) is 0 Å². The van der Waals surface area contributed by atoms with E-state index in [1.165, 1.54) is 0 Å². The van der Waals surface area contributed by atoms with Crippen LogP contribution in [0.4, 0.5) is 0 Å². The van der Waals surface area contributed by atoms with Crippen LogP contribution in [0.5, 0.6) is 5.75 Å². The van der Waals surface area contributed by atoms with Crippen molar-refractivity contribution >= 4 is 16.8 Å². The normalized spacial score (nSPS) is 12.4. The fourth-order valence-electron chi connectivity index (χ4n) is 2.04. The molecular weight excluding hydrogens is 242 g/mol. The summed E-state index contributed by atoms with van der Waals surface area (Å²) >= 11 is 0. The first-order valence-corrected chi connectivity index (χ1v) is 6.27. The van der Waals surface area contributed by atoms with Gasteiger partial charge in [-0.25, -0.2) is 0 Å². The first kappa shape index (κ1) is 13.4. The first-order chi connectivity index (χ1) is 9.11. The van der Waals surface area contributed by atoms with E-state index in [-0.39, 0.29) is 11.9 Å². The predicted octanol–water partition coefficient (Wildman–Crippen LogP) is 1.18. The smallest absolute Gasteiger partial charge is 0.224 e. The molecule has 0 bridgehead atoms. The molecule has 5 nitrogen and oxygen atoms in total. The van der Waals surface area contributed by atoms with Gasteiger partial charge in [0, 0.05) is 29.7 Å². The van der Waals surface area contributed by atoms with Crippen LogP contribution in [0, 0.1) is 0 Å². The van der Waals surface area contributed by atoms with E-state index in [1.54, 1.807) is 7.11 Å². The van der Waals surface area contributed by atoms with Gasteiger partial charge in [0.2, 0.25) is 5.91 Å². The molecule has 0 aliphatic rings. The Hall–Kier alpha value is -2.01. The van der Waals surface area contributed by atoms with Gasteiger partial charge in [-0.3, -0.25) is 4.79 Å². The fourth-order valence-corrected chi connectivity index (χ4v) is 2.04. The molecule has 1 heterocycles. The molecule has 0 fully saturated rings. The number of ether oxygens (including phenoxy) is 1. The molecule has 1 aromatic heterocycles. The molecule has 4 N–H and O–H groups in total. The highest BCUT2D eigenvalue weighted by molar-refractivity contribution is 5.93. The summed E-state index contributed by atoms with van der Waals surface area (Å²) in [7, 11) is 1.63. The van der Waals surface area contributed by atoms with Gasteiger partial charge in [0.15, 0.2) is 0 Å². The van der Waals surface area contributed by atoms with Crippen molar-refractivity contribution < 1.29 is 9.53 Å². The highest BCUT2D eigenvalue weighted by atomic mass is 16.5. The number of aromatic amines is 1. The van der Waals surface area contributed by atoms with Crippen LogP contribution in [0.3, 0.4) is 0 Å². The zero-order valence-electron chi connectivity index (χ0n) is 11.2. The maximum Gasteiger partial charge on any atom is 0.224 e. The molecule has 0 aliphatic carbocycles. The van der Waals surface area contributed by atoms with Crippen molar-refractivity contribution in [1.29, 1.82) is 0 Å². The minimum Gasteiger partial charge on any atom is -0.496 e. The van der Waals surface area contributed by atoms with Gasteiger partial charge >= 0.3 is 0 Å². The lowest BCUT2D eigenvalue weighted by Crippen LogP contribution is -2.35. The van der Waals surface area contributed by atoms with Crippen molar-refractivity contribution in [3.05, 3.63) is 30.0 Å². The number of H-pyrrole nitrogens is 1. The Bertz CT molecular complexity index is 575. The van der Waals surface area contributed by atoms with Crippen molar-refractivity contribution in [1.82, 2.24) is 10.3 Å². The number of fused-ring (bicyclic) bond motifs is 1. The lowest BCUT2D eigenvalue weighted by atomic mass is 10.1. The quantitative estimate of drug-likeness (QED) is 0.756. The van der Waals surface area contributed by atoms with Crippen LogP contribution in [0.1, 0.15) is 12.5 Å². The number of methoxy groups -OCH3 is 1. The van der Waals surface area contributed by atoms with E-state index in [0.717, 1.165) is 22.2 Å². The molecule has 0 saturated carbocycles. The summed E-state index contributed by atoms with van der Waals surface area (Å²) in [6.45, 7) is 2.34. The molecule has 19 heavy (non-hydrogen) atoms. The molecule has 2 rings (SSSR count). The van der Waals surface area contributed by atoms with E-state index < -0.39 is 0 Å². The Morgan fingerprint density at radius 3 is 3.00 bits per heavy atom. The number of hydrogen-bond acceptors (Lipinski definition) is 3. The van der Waals surface area contributed by atoms with E-state index in [2.05, 4.69) is 10.3 Å². The average molecular weight is 261 g/mol. The second kappa shape index (κ2) is 5.75. The second-order valence-corrected chi connectivity index (χ2v) is 4.65. The minimum atomic E-state index is -0.0403. The summed E-state index contributed by atoms with van der Waals surface area (Å²) in [6, 6.07) is 5.72. The molecule has 0 radical (unpaired) electrons. The number of amides is 1. The minimum absolute atomic E-state index is 0.0379. The number of rotatable bonds is 5. The zero-order chi connectivity index (χ0) is 13.8. The number of aromatic nitrogens is 1. The topological polar surface area (TPSA) is 80.1 Å². The number of nitrogens with two attached hydrogens (primary N) is 1. The van der Waals surface area contributed by atoms with Crippen LogP contribution in [-0.4, -0.2) is 30.6 Å². The Morgan fingerprint density at radius 1 is 1.53 bits per heavy atom. The fraction of sp³-hybridized carbons (Fsp3) is 0.357. The summed E-state index contributed by atoms with van der Waals surface area (Å²) in [6.07, 6.45) is 2.16. The van der Waals surface area contributed by atoms with Crippen LogP contribution in [-0.2, 0) is 11.2 Å². The molecule has 0 saturated heterocycles. The van der Waals surface area contributed by atoms with Crippen LogP contribution < -0.4 is 15.8 Å². The highest BCUT2D eigenvalue weighted by Crippen LogP contribution is 2.28. The number of benzene rings is 1. The molecule has 0 spiro atoms. The van der Waals surface area contributed by atoms with Crippen molar-refractivity contribution in [3.8, 4) is 5.75 Å². The van der Waals surface area contributed by atoms with E-state index in [1.807, 2.05) is 31.3 Å². The van der Waals surface area contributed by atoms with Crippen LogP contribution in [0.2, 0.25) is 0 Å². The Kier molecular flexibility index (Phi) is 4.06. The monoisotopic (exact) mass is 261 g/mol. The lowest BCUT2D eigenvalue weighted by Gasteiger charge is -2.08. The van der Waals surface area contributed by atoms with Crippen LogP contribution >= 0.6 is 0 Å². The summed E-state index contributed by atoms with van der Waals surface area (Å²) in [5.74, 6) is 0.734. The van der Waals surface area contributed by atoms with E-state index in [9.17, 15) is 4.79 Å². The standard InChI is InChI=1S/C14H19N3O2/c1-9(15)7-17-13(18)6-10-8-16-11-4-3-5-12(19-2)14(10)11/h3-5,8-9,16H,6-7,15H2,1-2H3,(H,17,18). The molecule has 1 amide bonds. The molecular formula is C14H19N3O2. The molecule has 2 aromatic rings. The number of carbonyl (C=O) groups excluding carboxylic acids is 1. The lowest BCUT2D eigenvalue weighted by molar-refractivity contribution is -0.120. The first-order valence-electron chi connectivity index (χ1n) is 6.27. The third-order valence-corrected chi connectivity index (χ3v) is 2.94. The average Bonchev–Trinajstić information content (AvgIpc) is 2.79. The Labute approximate surface area is 112 Å². The number of nitrogens with one attached hydrogen (secondary N) is 2. The molecule has 1 unspecified atom stereocenters. The van der Waals surface area contributed by atoms with Crippen molar-refractivity contribution in [2.45, 2.75) is 19.4 Å². The molecule has 1 aromatic carbocycles. The van der Waals surface area contributed by atoms with Crippen molar-refractivity contribution in [2.75, 3.05) is 13.7 Å². The summed E-state index contributed by atoms with van der Waals surface area (Å²) in [5.41, 5.74) is 7.50. The second-order valence-electron chi connectivity index (χ2n) is 4.65. The largest absolute Gasteiger partial charge is 0.496 e. The predicted molar refractivity (Wildman–Crippen MR) is 75.2 cm³/mol. The molecule has 0 aliphatic heterocycles. The highest BCUT2D eigenvalue weighted by Gasteiger charge is 2.12. The maximum absolute atomic E-state index is 11.8. The Morgan fingerprint density at radius 2 is 2.32 bits per heavy atom. The molecule has 5 heteroatoms. The van der Waals surface area contributed by atoms with Crippen LogP contribution in [0.25, 0.3) is 10.9 Å². The summed E-state index contributed by atoms with van der Waals surface area (Å²) < 4.78 is 5.33. The molecule has 1 atom stereocenters.